The number of fused-ring (bicyclic) bond motifs is 1. The molecule has 1 atom stereocenters. The lowest BCUT2D eigenvalue weighted by Gasteiger charge is -2.32. The first-order valence-corrected chi connectivity index (χ1v) is 9.38. The van der Waals surface area contributed by atoms with Gasteiger partial charge in [0, 0.05) is 24.1 Å². The number of amides is 1. The molecule has 2 aromatic rings. The van der Waals surface area contributed by atoms with E-state index < -0.39 is 5.63 Å². The van der Waals surface area contributed by atoms with Gasteiger partial charge in [-0.1, -0.05) is 0 Å². The Balaban J connectivity index is 1.25. The highest BCUT2D eigenvalue weighted by atomic mass is 16.5. The molecule has 3 heterocycles. The molecule has 0 bridgehead atoms. The Kier molecular flexibility index (Phi) is 5.13. The molecular formula is C20H24N2O5. The van der Waals surface area contributed by atoms with Crippen LogP contribution in [0.5, 0.6) is 5.75 Å². The Morgan fingerprint density at radius 1 is 1.26 bits per heavy atom. The predicted octanol–water partition coefficient (Wildman–Crippen LogP) is 1.45. The number of piperidine rings is 1. The topological polar surface area (TPSA) is 89.8 Å². The van der Waals surface area contributed by atoms with Gasteiger partial charge in [-0.05, 0) is 56.0 Å². The van der Waals surface area contributed by atoms with E-state index in [1.54, 1.807) is 24.3 Å². The van der Waals surface area contributed by atoms with Gasteiger partial charge in [-0.3, -0.25) is 4.79 Å². The third-order valence-electron chi connectivity index (χ3n) is 5.44. The fourth-order valence-corrected chi connectivity index (χ4v) is 3.89. The zero-order valence-corrected chi connectivity index (χ0v) is 15.2. The second-order valence-corrected chi connectivity index (χ2v) is 7.43. The molecule has 0 radical (unpaired) electrons. The normalized spacial score (nSPS) is 21.4. The summed E-state index contributed by atoms with van der Waals surface area (Å²) in [5.41, 5.74) is 0.305. The average molecular weight is 372 g/mol. The van der Waals surface area contributed by atoms with Crippen molar-refractivity contribution in [3.8, 4) is 5.75 Å². The minimum Gasteiger partial charge on any atom is -0.484 e. The zero-order valence-electron chi connectivity index (χ0n) is 15.2. The zero-order chi connectivity index (χ0) is 18.7. The smallest absolute Gasteiger partial charge is 0.336 e. The first kappa shape index (κ1) is 18.0. The molecule has 4 rings (SSSR count). The van der Waals surface area contributed by atoms with Crippen LogP contribution in [0.4, 0.5) is 0 Å². The van der Waals surface area contributed by atoms with Gasteiger partial charge in [-0.2, -0.15) is 0 Å². The van der Waals surface area contributed by atoms with Crippen molar-refractivity contribution in [3.63, 3.8) is 0 Å². The SMILES string of the molecule is O=C(COc1ccc2ccc(=O)oc2c1)NCC1CC2(CCNCC2)CO1. The van der Waals surface area contributed by atoms with Crippen LogP contribution in [-0.4, -0.2) is 44.9 Å². The Morgan fingerprint density at radius 2 is 2.07 bits per heavy atom. The predicted molar refractivity (Wildman–Crippen MR) is 99.9 cm³/mol. The van der Waals surface area contributed by atoms with Crippen LogP contribution in [0.25, 0.3) is 11.0 Å². The average Bonchev–Trinajstić information content (AvgIpc) is 3.07. The van der Waals surface area contributed by atoms with Gasteiger partial charge in [0.05, 0.1) is 12.7 Å². The largest absolute Gasteiger partial charge is 0.484 e. The van der Waals surface area contributed by atoms with Crippen molar-refractivity contribution in [1.82, 2.24) is 10.6 Å². The Hall–Kier alpha value is -2.38. The molecule has 1 aromatic carbocycles. The number of rotatable bonds is 5. The highest BCUT2D eigenvalue weighted by molar-refractivity contribution is 5.79. The van der Waals surface area contributed by atoms with E-state index in [4.69, 9.17) is 13.9 Å². The van der Waals surface area contributed by atoms with Gasteiger partial charge in [-0.15, -0.1) is 0 Å². The lowest BCUT2D eigenvalue weighted by molar-refractivity contribution is -0.123. The molecule has 0 aliphatic carbocycles. The van der Waals surface area contributed by atoms with Gasteiger partial charge in [0.1, 0.15) is 11.3 Å². The van der Waals surface area contributed by atoms with Crippen molar-refractivity contribution < 1.29 is 18.7 Å². The molecule has 144 valence electrons. The molecule has 7 nitrogen and oxygen atoms in total. The van der Waals surface area contributed by atoms with E-state index in [-0.39, 0.29) is 24.0 Å². The molecule has 7 heteroatoms. The van der Waals surface area contributed by atoms with Crippen LogP contribution in [0, 0.1) is 5.41 Å². The molecular weight excluding hydrogens is 348 g/mol. The Bertz CT molecular complexity index is 872. The van der Waals surface area contributed by atoms with Crippen molar-refractivity contribution in [2.24, 2.45) is 5.41 Å². The second-order valence-electron chi connectivity index (χ2n) is 7.43. The lowest BCUT2D eigenvalue weighted by atomic mass is 9.77. The first-order chi connectivity index (χ1) is 13.1. The van der Waals surface area contributed by atoms with Crippen LogP contribution in [0.3, 0.4) is 0 Å². The molecule has 1 spiro atoms. The fourth-order valence-electron chi connectivity index (χ4n) is 3.89. The fraction of sp³-hybridized carbons (Fsp3) is 0.500. The highest BCUT2D eigenvalue weighted by Crippen LogP contribution is 2.40. The van der Waals surface area contributed by atoms with E-state index in [1.807, 2.05) is 0 Å². The van der Waals surface area contributed by atoms with E-state index in [0.717, 1.165) is 44.3 Å². The number of benzene rings is 1. The van der Waals surface area contributed by atoms with Crippen LogP contribution in [0.1, 0.15) is 19.3 Å². The maximum Gasteiger partial charge on any atom is 0.336 e. The summed E-state index contributed by atoms with van der Waals surface area (Å²) >= 11 is 0. The number of carbonyl (C=O) groups is 1. The summed E-state index contributed by atoms with van der Waals surface area (Å²) in [4.78, 5) is 23.4. The van der Waals surface area contributed by atoms with Crippen molar-refractivity contribution in [2.75, 3.05) is 32.8 Å². The number of carbonyl (C=O) groups excluding carboxylic acids is 1. The molecule has 2 saturated heterocycles. The summed E-state index contributed by atoms with van der Waals surface area (Å²) in [6, 6.07) is 8.21. The molecule has 0 saturated carbocycles. The monoisotopic (exact) mass is 372 g/mol. The molecule has 1 aromatic heterocycles. The van der Waals surface area contributed by atoms with E-state index >= 15 is 0 Å². The van der Waals surface area contributed by atoms with Gasteiger partial charge < -0.3 is 24.5 Å². The van der Waals surface area contributed by atoms with E-state index in [0.29, 0.717) is 17.9 Å². The highest BCUT2D eigenvalue weighted by Gasteiger charge is 2.40. The van der Waals surface area contributed by atoms with Gasteiger partial charge in [-0.25, -0.2) is 4.79 Å². The van der Waals surface area contributed by atoms with Gasteiger partial charge in [0.2, 0.25) is 0 Å². The minimum atomic E-state index is -0.416. The quantitative estimate of drug-likeness (QED) is 0.772. The lowest BCUT2D eigenvalue weighted by Crippen LogP contribution is -2.38. The number of hydrogen-bond acceptors (Lipinski definition) is 6. The molecule has 27 heavy (non-hydrogen) atoms. The number of hydrogen-bond donors (Lipinski definition) is 2. The molecule has 2 fully saturated rings. The summed E-state index contributed by atoms with van der Waals surface area (Å²) in [6.45, 7) is 3.28. The number of ether oxygens (including phenoxy) is 2. The van der Waals surface area contributed by atoms with Crippen LogP contribution in [0.2, 0.25) is 0 Å². The Labute approximate surface area is 157 Å². The minimum absolute atomic E-state index is 0.0713. The molecule has 2 aliphatic rings. The van der Waals surface area contributed by atoms with E-state index in [2.05, 4.69) is 10.6 Å². The maximum absolute atomic E-state index is 12.1. The summed E-state index contributed by atoms with van der Waals surface area (Å²) in [7, 11) is 0. The summed E-state index contributed by atoms with van der Waals surface area (Å²) in [6.07, 6.45) is 3.35. The third-order valence-corrected chi connectivity index (χ3v) is 5.44. The van der Waals surface area contributed by atoms with Crippen molar-refractivity contribution in [3.05, 3.63) is 40.8 Å². The van der Waals surface area contributed by atoms with Crippen molar-refractivity contribution in [1.29, 1.82) is 0 Å². The van der Waals surface area contributed by atoms with Crippen molar-refractivity contribution >= 4 is 16.9 Å². The van der Waals surface area contributed by atoms with E-state index in [1.165, 1.54) is 6.07 Å². The third kappa shape index (κ3) is 4.31. The molecule has 1 amide bonds. The van der Waals surface area contributed by atoms with Gasteiger partial charge >= 0.3 is 5.63 Å². The van der Waals surface area contributed by atoms with Gasteiger partial charge in [0.25, 0.3) is 5.91 Å². The Morgan fingerprint density at radius 3 is 2.93 bits per heavy atom. The standard InChI is InChI=1S/C20H24N2O5/c23-18(22-11-16-10-20(13-26-16)5-7-21-8-6-20)12-25-15-3-1-14-2-4-19(24)27-17(14)9-15/h1-4,9,16,21H,5-8,10-13H2,(H,22,23). The number of nitrogens with one attached hydrogen (secondary N) is 2. The van der Waals surface area contributed by atoms with Crippen LogP contribution < -0.4 is 21.0 Å². The van der Waals surface area contributed by atoms with Gasteiger partial charge in [0.15, 0.2) is 6.61 Å². The first-order valence-electron chi connectivity index (χ1n) is 9.38. The molecule has 1 unspecified atom stereocenters. The summed E-state index contributed by atoms with van der Waals surface area (Å²) in [5, 5.41) is 7.07. The second kappa shape index (κ2) is 7.70. The summed E-state index contributed by atoms with van der Waals surface area (Å²) in [5.74, 6) is 0.289. The van der Waals surface area contributed by atoms with Crippen LogP contribution in [-0.2, 0) is 9.53 Å². The van der Waals surface area contributed by atoms with Crippen molar-refractivity contribution in [2.45, 2.75) is 25.4 Å². The van der Waals surface area contributed by atoms with Crippen LogP contribution >= 0.6 is 0 Å². The van der Waals surface area contributed by atoms with Crippen LogP contribution in [0.15, 0.2) is 39.5 Å². The van der Waals surface area contributed by atoms with E-state index in [9.17, 15) is 9.59 Å². The molecule has 2 N–H and O–H groups in total. The maximum atomic E-state index is 12.1. The molecule has 2 aliphatic heterocycles. The summed E-state index contributed by atoms with van der Waals surface area (Å²) < 4.78 is 16.5.